The van der Waals surface area contributed by atoms with Crippen molar-refractivity contribution in [1.82, 2.24) is 10.6 Å². The van der Waals surface area contributed by atoms with Gasteiger partial charge in [-0.3, -0.25) is 4.79 Å². The molecule has 0 aliphatic heterocycles. The Kier molecular flexibility index (Phi) is 5.28. The highest BCUT2D eigenvalue weighted by Gasteiger charge is 2.02. The van der Waals surface area contributed by atoms with Crippen LogP contribution in [0.1, 0.15) is 12.0 Å². The molecule has 0 aromatic heterocycles. The highest BCUT2D eigenvalue weighted by Crippen LogP contribution is 2.21. The van der Waals surface area contributed by atoms with Gasteiger partial charge in [-0.05, 0) is 18.2 Å². The smallest absolute Gasteiger partial charge is 0.221 e. The first-order valence-corrected chi connectivity index (χ1v) is 5.81. The summed E-state index contributed by atoms with van der Waals surface area (Å²) in [7, 11) is 1.61. The zero-order chi connectivity index (χ0) is 12.0. The van der Waals surface area contributed by atoms with E-state index in [1.807, 2.05) is 6.07 Å². The molecule has 88 valence electrons. The summed E-state index contributed by atoms with van der Waals surface area (Å²) in [5.74, 6) is 0.265. The predicted molar refractivity (Wildman–Crippen MR) is 66.2 cm³/mol. The molecule has 0 saturated carbocycles. The molecule has 0 heterocycles. The molecule has 0 unspecified atom stereocenters. The van der Waals surface area contributed by atoms with E-state index in [0.29, 0.717) is 19.5 Å². The van der Waals surface area contributed by atoms with Crippen LogP contribution in [0.15, 0.2) is 22.7 Å². The Morgan fingerprint density at radius 2 is 2.25 bits per heavy atom. The molecule has 0 spiro atoms. The molecule has 0 atom stereocenters. The highest BCUT2D eigenvalue weighted by atomic mass is 79.9. The van der Waals surface area contributed by atoms with Crippen molar-refractivity contribution < 1.29 is 9.90 Å². The van der Waals surface area contributed by atoms with Gasteiger partial charge in [0.15, 0.2) is 0 Å². The van der Waals surface area contributed by atoms with Crippen LogP contribution in [0.3, 0.4) is 0 Å². The van der Waals surface area contributed by atoms with Crippen molar-refractivity contribution in [1.29, 1.82) is 0 Å². The van der Waals surface area contributed by atoms with E-state index in [0.717, 1.165) is 10.0 Å². The molecular formula is C11H15BrN2O2. The van der Waals surface area contributed by atoms with Crippen LogP contribution in [0.25, 0.3) is 0 Å². The third-order valence-electron chi connectivity index (χ3n) is 2.16. The van der Waals surface area contributed by atoms with Gasteiger partial charge in [-0.15, -0.1) is 0 Å². The van der Waals surface area contributed by atoms with Gasteiger partial charge in [0, 0.05) is 36.6 Å². The maximum atomic E-state index is 10.9. The Labute approximate surface area is 103 Å². The number of halogens is 1. The molecule has 1 rings (SSSR count). The van der Waals surface area contributed by atoms with Crippen LogP contribution in [-0.2, 0) is 11.3 Å². The topological polar surface area (TPSA) is 61.4 Å². The van der Waals surface area contributed by atoms with E-state index < -0.39 is 0 Å². The number of phenols is 1. The van der Waals surface area contributed by atoms with Gasteiger partial charge in [-0.25, -0.2) is 0 Å². The van der Waals surface area contributed by atoms with E-state index in [2.05, 4.69) is 26.6 Å². The molecule has 3 N–H and O–H groups in total. The minimum atomic E-state index is 0.00552. The second kappa shape index (κ2) is 6.50. The summed E-state index contributed by atoms with van der Waals surface area (Å²) in [4.78, 5) is 10.9. The van der Waals surface area contributed by atoms with E-state index in [1.165, 1.54) is 0 Å². The number of carbonyl (C=O) groups is 1. The quantitative estimate of drug-likeness (QED) is 0.717. The van der Waals surface area contributed by atoms with Gasteiger partial charge in [0.05, 0.1) is 0 Å². The Hall–Kier alpha value is -1.07. The lowest BCUT2D eigenvalue weighted by molar-refractivity contribution is -0.120. The van der Waals surface area contributed by atoms with Gasteiger partial charge in [0.2, 0.25) is 5.91 Å². The van der Waals surface area contributed by atoms with Crippen LogP contribution in [0.5, 0.6) is 5.75 Å². The average molecular weight is 287 g/mol. The fourth-order valence-corrected chi connectivity index (χ4v) is 1.65. The predicted octanol–water partition coefficient (Wildman–Crippen LogP) is 1.38. The normalized spacial score (nSPS) is 10.1. The molecule has 0 fully saturated rings. The van der Waals surface area contributed by atoms with Gasteiger partial charge in [-0.1, -0.05) is 15.9 Å². The van der Waals surface area contributed by atoms with E-state index in [1.54, 1.807) is 19.2 Å². The fourth-order valence-electron chi connectivity index (χ4n) is 1.25. The minimum absolute atomic E-state index is 0.00552. The van der Waals surface area contributed by atoms with Crippen molar-refractivity contribution in [2.24, 2.45) is 0 Å². The molecule has 5 heteroatoms. The molecule has 0 aliphatic rings. The van der Waals surface area contributed by atoms with E-state index >= 15 is 0 Å². The average Bonchev–Trinajstić information content (AvgIpc) is 2.28. The molecule has 16 heavy (non-hydrogen) atoms. The van der Waals surface area contributed by atoms with E-state index in [-0.39, 0.29) is 11.7 Å². The van der Waals surface area contributed by atoms with Crippen LogP contribution in [0.4, 0.5) is 0 Å². The van der Waals surface area contributed by atoms with Crippen LogP contribution in [-0.4, -0.2) is 24.6 Å². The zero-order valence-corrected chi connectivity index (χ0v) is 10.7. The van der Waals surface area contributed by atoms with Gasteiger partial charge in [0.1, 0.15) is 5.75 Å². The van der Waals surface area contributed by atoms with Gasteiger partial charge >= 0.3 is 0 Å². The number of benzene rings is 1. The molecule has 0 saturated heterocycles. The third kappa shape index (κ3) is 4.20. The Morgan fingerprint density at radius 1 is 1.50 bits per heavy atom. The van der Waals surface area contributed by atoms with E-state index in [9.17, 15) is 9.90 Å². The molecule has 1 aromatic carbocycles. The lowest BCUT2D eigenvalue weighted by Gasteiger charge is -2.07. The van der Waals surface area contributed by atoms with Crippen LogP contribution in [0.2, 0.25) is 0 Å². The summed E-state index contributed by atoms with van der Waals surface area (Å²) >= 11 is 3.34. The summed E-state index contributed by atoms with van der Waals surface area (Å²) in [6.07, 6.45) is 0.436. The first-order valence-electron chi connectivity index (χ1n) is 5.02. The highest BCUT2D eigenvalue weighted by molar-refractivity contribution is 9.10. The minimum Gasteiger partial charge on any atom is -0.508 e. The standard InChI is InChI=1S/C11H15BrN2O2/c1-13-11(16)4-5-14-7-8-6-9(12)2-3-10(8)15/h2-3,6,14-15H,4-5,7H2,1H3,(H,13,16). The monoisotopic (exact) mass is 286 g/mol. The van der Waals surface area contributed by atoms with Crippen LogP contribution in [0, 0.1) is 0 Å². The summed E-state index contributed by atoms with van der Waals surface area (Å²) in [6, 6.07) is 5.27. The molecule has 0 radical (unpaired) electrons. The zero-order valence-electron chi connectivity index (χ0n) is 9.09. The first kappa shape index (κ1) is 13.0. The first-order chi connectivity index (χ1) is 7.63. The Balaban J connectivity index is 2.37. The number of carbonyl (C=O) groups excluding carboxylic acids is 1. The Bertz CT molecular complexity index is 369. The number of nitrogens with one attached hydrogen (secondary N) is 2. The molecule has 0 bridgehead atoms. The Morgan fingerprint density at radius 3 is 2.94 bits per heavy atom. The number of rotatable bonds is 5. The molecule has 4 nitrogen and oxygen atoms in total. The second-order valence-electron chi connectivity index (χ2n) is 3.37. The largest absolute Gasteiger partial charge is 0.508 e. The lowest BCUT2D eigenvalue weighted by atomic mass is 10.2. The lowest BCUT2D eigenvalue weighted by Crippen LogP contribution is -2.24. The van der Waals surface area contributed by atoms with Crippen molar-refractivity contribution in [2.45, 2.75) is 13.0 Å². The number of phenolic OH excluding ortho intramolecular Hbond substituents is 1. The van der Waals surface area contributed by atoms with Crippen molar-refractivity contribution in [3.63, 3.8) is 0 Å². The number of amides is 1. The van der Waals surface area contributed by atoms with Crippen molar-refractivity contribution in [3.8, 4) is 5.75 Å². The van der Waals surface area contributed by atoms with Crippen molar-refractivity contribution in [3.05, 3.63) is 28.2 Å². The number of hydrogen-bond donors (Lipinski definition) is 3. The van der Waals surface area contributed by atoms with Gasteiger partial charge in [0.25, 0.3) is 0 Å². The summed E-state index contributed by atoms with van der Waals surface area (Å²) in [5, 5.41) is 15.2. The van der Waals surface area contributed by atoms with Crippen LogP contribution >= 0.6 is 15.9 Å². The maximum absolute atomic E-state index is 10.9. The van der Waals surface area contributed by atoms with Crippen LogP contribution < -0.4 is 10.6 Å². The van der Waals surface area contributed by atoms with Gasteiger partial charge < -0.3 is 15.7 Å². The summed E-state index contributed by atoms with van der Waals surface area (Å²) in [5.41, 5.74) is 0.811. The maximum Gasteiger partial charge on any atom is 0.221 e. The third-order valence-corrected chi connectivity index (χ3v) is 2.66. The fraction of sp³-hybridized carbons (Fsp3) is 0.364. The molecule has 1 aromatic rings. The second-order valence-corrected chi connectivity index (χ2v) is 4.29. The van der Waals surface area contributed by atoms with Crippen molar-refractivity contribution >= 4 is 21.8 Å². The number of aromatic hydroxyl groups is 1. The summed E-state index contributed by atoms with van der Waals surface area (Å²) in [6.45, 7) is 1.13. The van der Waals surface area contributed by atoms with Gasteiger partial charge in [-0.2, -0.15) is 0 Å². The number of hydrogen-bond acceptors (Lipinski definition) is 3. The molecule has 0 aliphatic carbocycles. The molecular weight excluding hydrogens is 272 g/mol. The molecule has 1 amide bonds. The van der Waals surface area contributed by atoms with Crippen molar-refractivity contribution in [2.75, 3.05) is 13.6 Å². The SMILES string of the molecule is CNC(=O)CCNCc1cc(Br)ccc1O. The summed E-state index contributed by atoms with van der Waals surface area (Å²) < 4.78 is 0.924. The van der Waals surface area contributed by atoms with E-state index in [4.69, 9.17) is 0 Å².